The first-order chi connectivity index (χ1) is 8.97. The Labute approximate surface area is 117 Å². The number of furan rings is 1. The smallest absolute Gasteiger partial charge is 0.293 e. The number of imide groups is 1. The summed E-state index contributed by atoms with van der Waals surface area (Å²) in [6.45, 7) is 1.26. The number of hydrogen-bond acceptors (Lipinski definition) is 4. The molecule has 6 heteroatoms. The number of benzene rings is 1. The van der Waals surface area contributed by atoms with Crippen molar-refractivity contribution in [2.45, 2.75) is 6.92 Å². The number of carbonyl (C=O) groups excluding carboxylic acids is 2. The van der Waals surface area contributed by atoms with E-state index in [9.17, 15) is 9.59 Å². The Morgan fingerprint density at radius 2 is 2.00 bits per heavy atom. The normalized spacial score (nSPS) is 10.2. The number of nitrogens with one attached hydrogen (secondary N) is 1. The fraction of sp³-hybridized carbons (Fsp3) is 0.0769. The third-order valence-electron chi connectivity index (χ3n) is 2.38. The molecular formula is C13H11BrN2O3. The summed E-state index contributed by atoms with van der Waals surface area (Å²) in [5.41, 5.74) is 7.05. The molecule has 5 nitrogen and oxygen atoms in total. The van der Waals surface area contributed by atoms with Gasteiger partial charge in [-0.1, -0.05) is 0 Å². The first-order valence-electron chi connectivity index (χ1n) is 5.44. The largest absolute Gasteiger partial charge is 0.451 e. The molecule has 0 spiro atoms. The number of amides is 2. The molecule has 0 radical (unpaired) electrons. The Kier molecular flexibility index (Phi) is 3.71. The average molecular weight is 323 g/mol. The lowest BCUT2D eigenvalue weighted by Gasteiger charge is -2.02. The zero-order valence-electron chi connectivity index (χ0n) is 10.1. The lowest BCUT2D eigenvalue weighted by Crippen LogP contribution is -2.27. The van der Waals surface area contributed by atoms with E-state index in [1.807, 2.05) is 0 Å². The maximum atomic E-state index is 11.6. The molecule has 0 saturated carbocycles. The molecule has 1 aromatic heterocycles. The van der Waals surface area contributed by atoms with Gasteiger partial charge in [-0.15, -0.1) is 0 Å². The van der Waals surface area contributed by atoms with Gasteiger partial charge in [0.05, 0.1) is 0 Å². The van der Waals surface area contributed by atoms with Gasteiger partial charge in [0, 0.05) is 22.6 Å². The number of anilines is 1. The molecule has 0 unspecified atom stereocenters. The van der Waals surface area contributed by atoms with Crippen molar-refractivity contribution in [1.82, 2.24) is 5.32 Å². The zero-order valence-corrected chi connectivity index (χ0v) is 11.7. The Morgan fingerprint density at radius 1 is 1.26 bits per heavy atom. The predicted octanol–water partition coefficient (Wildman–Crippen LogP) is 2.57. The molecule has 0 aliphatic rings. The van der Waals surface area contributed by atoms with Crippen molar-refractivity contribution >= 4 is 33.4 Å². The monoisotopic (exact) mass is 322 g/mol. The summed E-state index contributed by atoms with van der Waals surface area (Å²) in [4.78, 5) is 22.4. The van der Waals surface area contributed by atoms with E-state index < -0.39 is 11.8 Å². The van der Waals surface area contributed by atoms with Crippen LogP contribution in [0.2, 0.25) is 0 Å². The van der Waals surface area contributed by atoms with Crippen LogP contribution in [0, 0.1) is 0 Å². The second kappa shape index (κ2) is 5.27. The van der Waals surface area contributed by atoms with E-state index in [1.165, 1.54) is 13.0 Å². The van der Waals surface area contributed by atoms with Gasteiger partial charge in [-0.05, 0) is 46.3 Å². The van der Waals surface area contributed by atoms with Crippen LogP contribution in [0.3, 0.4) is 0 Å². The Morgan fingerprint density at radius 3 is 2.63 bits per heavy atom. The quantitative estimate of drug-likeness (QED) is 0.832. The molecule has 0 saturated heterocycles. The fourth-order valence-corrected chi connectivity index (χ4v) is 2.15. The van der Waals surface area contributed by atoms with Gasteiger partial charge < -0.3 is 10.2 Å². The molecule has 0 atom stereocenters. The van der Waals surface area contributed by atoms with E-state index in [-0.39, 0.29) is 5.76 Å². The standard InChI is InChI=1S/C13H11BrN2O3/c1-7(17)16-13(18)12-5-4-11(19-12)9-3-2-8(15)6-10(9)14/h2-6H,15H2,1H3,(H,16,17,18). The van der Waals surface area contributed by atoms with Crippen LogP contribution >= 0.6 is 15.9 Å². The zero-order chi connectivity index (χ0) is 14.0. The van der Waals surface area contributed by atoms with Crippen molar-refractivity contribution in [2.24, 2.45) is 0 Å². The molecule has 2 aromatic rings. The lowest BCUT2D eigenvalue weighted by molar-refractivity contribution is -0.118. The minimum atomic E-state index is -0.565. The maximum Gasteiger partial charge on any atom is 0.293 e. The van der Waals surface area contributed by atoms with Gasteiger partial charge in [-0.3, -0.25) is 14.9 Å². The Hall–Kier alpha value is -2.08. The highest BCUT2D eigenvalue weighted by Crippen LogP contribution is 2.31. The lowest BCUT2D eigenvalue weighted by atomic mass is 10.1. The second-order valence-electron chi connectivity index (χ2n) is 3.91. The van der Waals surface area contributed by atoms with Crippen molar-refractivity contribution < 1.29 is 14.0 Å². The summed E-state index contributed by atoms with van der Waals surface area (Å²) in [6, 6.07) is 8.43. The number of nitrogen functional groups attached to an aromatic ring is 1. The minimum absolute atomic E-state index is 0.0777. The van der Waals surface area contributed by atoms with Crippen LogP contribution in [0.4, 0.5) is 5.69 Å². The third kappa shape index (κ3) is 3.03. The van der Waals surface area contributed by atoms with Crippen molar-refractivity contribution in [1.29, 1.82) is 0 Å². The van der Waals surface area contributed by atoms with Crippen molar-refractivity contribution in [3.05, 3.63) is 40.6 Å². The molecule has 0 fully saturated rings. The Balaban J connectivity index is 2.30. The van der Waals surface area contributed by atoms with Crippen LogP contribution in [-0.4, -0.2) is 11.8 Å². The number of carbonyl (C=O) groups is 2. The summed E-state index contributed by atoms with van der Waals surface area (Å²) in [5.74, 6) is -0.406. The number of halogens is 1. The molecule has 3 N–H and O–H groups in total. The van der Waals surface area contributed by atoms with Crippen LogP contribution in [0.15, 0.2) is 39.2 Å². The maximum absolute atomic E-state index is 11.6. The molecule has 2 rings (SSSR count). The topological polar surface area (TPSA) is 85.3 Å². The predicted molar refractivity (Wildman–Crippen MR) is 74.4 cm³/mol. The molecule has 19 heavy (non-hydrogen) atoms. The van der Waals surface area contributed by atoms with Gasteiger partial charge in [0.25, 0.3) is 5.91 Å². The molecular weight excluding hydrogens is 312 g/mol. The van der Waals surface area contributed by atoms with Crippen LogP contribution < -0.4 is 11.1 Å². The van der Waals surface area contributed by atoms with E-state index in [0.29, 0.717) is 11.4 Å². The first kappa shape index (κ1) is 13.4. The minimum Gasteiger partial charge on any atom is -0.451 e. The molecule has 0 aliphatic carbocycles. The Bertz CT molecular complexity index is 649. The van der Waals surface area contributed by atoms with E-state index in [1.54, 1.807) is 24.3 Å². The van der Waals surface area contributed by atoms with E-state index >= 15 is 0 Å². The van der Waals surface area contributed by atoms with Crippen LogP contribution in [0.5, 0.6) is 0 Å². The van der Waals surface area contributed by atoms with Crippen molar-refractivity contribution in [3.63, 3.8) is 0 Å². The van der Waals surface area contributed by atoms with Gasteiger partial charge >= 0.3 is 0 Å². The molecule has 1 aromatic carbocycles. The highest BCUT2D eigenvalue weighted by molar-refractivity contribution is 9.10. The molecule has 1 heterocycles. The first-order valence-corrected chi connectivity index (χ1v) is 6.24. The number of hydrogen-bond donors (Lipinski definition) is 2. The summed E-state index contributed by atoms with van der Waals surface area (Å²) in [5, 5.41) is 2.14. The summed E-state index contributed by atoms with van der Waals surface area (Å²) >= 11 is 3.38. The highest BCUT2D eigenvalue weighted by Gasteiger charge is 2.14. The van der Waals surface area contributed by atoms with Crippen LogP contribution in [0.1, 0.15) is 17.5 Å². The number of nitrogens with two attached hydrogens (primary N) is 1. The van der Waals surface area contributed by atoms with Gasteiger partial charge in [0.2, 0.25) is 5.91 Å². The van der Waals surface area contributed by atoms with Gasteiger partial charge in [0.15, 0.2) is 5.76 Å². The third-order valence-corrected chi connectivity index (χ3v) is 3.03. The molecule has 98 valence electrons. The SMILES string of the molecule is CC(=O)NC(=O)c1ccc(-c2ccc(N)cc2Br)o1. The van der Waals surface area contributed by atoms with Gasteiger partial charge in [-0.25, -0.2) is 0 Å². The molecule has 0 aliphatic heterocycles. The van der Waals surface area contributed by atoms with Crippen molar-refractivity contribution in [2.75, 3.05) is 5.73 Å². The van der Waals surface area contributed by atoms with Crippen LogP contribution in [0.25, 0.3) is 11.3 Å². The van der Waals surface area contributed by atoms with Gasteiger partial charge in [0.1, 0.15) is 5.76 Å². The summed E-state index contributed by atoms with van der Waals surface area (Å²) < 4.78 is 6.18. The second-order valence-corrected chi connectivity index (χ2v) is 4.77. The fourth-order valence-electron chi connectivity index (χ4n) is 1.56. The van der Waals surface area contributed by atoms with E-state index in [2.05, 4.69) is 21.2 Å². The molecule has 0 bridgehead atoms. The molecule has 2 amide bonds. The van der Waals surface area contributed by atoms with E-state index in [4.69, 9.17) is 10.2 Å². The number of rotatable bonds is 2. The van der Waals surface area contributed by atoms with Gasteiger partial charge in [-0.2, -0.15) is 0 Å². The van der Waals surface area contributed by atoms with Crippen LogP contribution in [-0.2, 0) is 4.79 Å². The highest BCUT2D eigenvalue weighted by atomic mass is 79.9. The average Bonchev–Trinajstić information content (AvgIpc) is 2.77. The summed E-state index contributed by atoms with van der Waals surface area (Å²) in [7, 11) is 0. The summed E-state index contributed by atoms with van der Waals surface area (Å²) in [6.07, 6.45) is 0. The van der Waals surface area contributed by atoms with E-state index in [0.717, 1.165) is 10.0 Å². The van der Waals surface area contributed by atoms with Crippen molar-refractivity contribution in [3.8, 4) is 11.3 Å².